The second-order valence-electron chi connectivity index (χ2n) is 7.05. The highest BCUT2D eigenvalue weighted by Gasteiger charge is 2.31. The standard InChI is InChI=1S/C20H18F3IN4O2/c21-20(22,23)30-14-3-1-13(2-4-14)19(29)28-9-6-12(7-10-28)15-5-8-25-18-17(15)26-16(11-24)27-18/h1-5,8,12H,6-7,9-11H2,(H,25,26,27). The molecule has 0 spiro atoms. The molecule has 1 aliphatic rings. The number of pyridine rings is 1. The predicted octanol–water partition coefficient (Wildman–Crippen LogP) is 4.81. The van der Waals surface area contributed by atoms with Gasteiger partial charge in [-0.3, -0.25) is 4.79 Å². The van der Waals surface area contributed by atoms with Crippen LogP contribution >= 0.6 is 22.6 Å². The molecule has 0 saturated carbocycles. The first-order valence-electron chi connectivity index (χ1n) is 9.38. The molecule has 3 heterocycles. The van der Waals surface area contributed by atoms with Crippen molar-refractivity contribution >= 4 is 39.7 Å². The van der Waals surface area contributed by atoms with Crippen LogP contribution in [0.15, 0.2) is 36.5 Å². The van der Waals surface area contributed by atoms with Gasteiger partial charge in [-0.1, -0.05) is 22.6 Å². The van der Waals surface area contributed by atoms with Crippen LogP contribution in [0, 0.1) is 0 Å². The van der Waals surface area contributed by atoms with Crippen molar-refractivity contribution < 1.29 is 22.7 Å². The number of halogens is 4. The zero-order valence-electron chi connectivity index (χ0n) is 15.7. The highest BCUT2D eigenvalue weighted by molar-refractivity contribution is 14.1. The van der Waals surface area contributed by atoms with Crippen molar-refractivity contribution in [3.05, 3.63) is 53.5 Å². The van der Waals surface area contributed by atoms with Gasteiger partial charge in [-0.2, -0.15) is 0 Å². The second-order valence-corrected chi connectivity index (χ2v) is 7.82. The number of carbonyl (C=O) groups excluding carboxylic acids is 1. The molecule has 6 nitrogen and oxygen atoms in total. The van der Waals surface area contributed by atoms with E-state index in [1.165, 1.54) is 12.1 Å². The number of nitrogens with zero attached hydrogens (tertiary/aromatic N) is 3. The van der Waals surface area contributed by atoms with Crippen molar-refractivity contribution in [3.63, 3.8) is 0 Å². The molecule has 0 radical (unpaired) electrons. The number of hydrogen-bond donors (Lipinski definition) is 1. The molecule has 1 fully saturated rings. The van der Waals surface area contributed by atoms with Crippen molar-refractivity contribution in [3.8, 4) is 5.75 Å². The Morgan fingerprint density at radius 3 is 2.53 bits per heavy atom. The van der Waals surface area contributed by atoms with Gasteiger partial charge in [-0.25, -0.2) is 9.97 Å². The first kappa shape index (κ1) is 20.9. The molecule has 4 rings (SSSR count). The van der Waals surface area contributed by atoms with E-state index >= 15 is 0 Å². The Kier molecular flexibility index (Phi) is 5.85. The molecule has 0 atom stereocenters. The number of carbonyl (C=O) groups is 1. The van der Waals surface area contributed by atoms with Gasteiger partial charge in [0.25, 0.3) is 5.91 Å². The molecule has 1 aromatic carbocycles. The molecular formula is C20H18F3IN4O2. The van der Waals surface area contributed by atoms with Gasteiger partial charge in [0, 0.05) is 24.8 Å². The third-order valence-corrected chi connectivity index (χ3v) is 5.87. The minimum Gasteiger partial charge on any atom is -0.406 e. The van der Waals surface area contributed by atoms with Crippen molar-refractivity contribution in [2.45, 2.75) is 29.5 Å². The summed E-state index contributed by atoms with van der Waals surface area (Å²) in [6, 6.07) is 7.02. The monoisotopic (exact) mass is 530 g/mol. The Morgan fingerprint density at radius 1 is 1.20 bits per heavy atom. The van der Waals surface area contributed by atoms with Gasteiger partial charge >= 0.3 is 6.36 Å². The maximum Gasteiger partial charge on any atom is 0.573 e. The maximum atomic E-state index is 12.7. The van der Waals surface area contributed by atoms with E-state index in [1.54, 1.807) is 11.1 Å². The fourth-order valence-corrected chi connectivity index (χ4v) is 4.11. The molecule has 1 saturated heterocycles. The van der Waals surface area contributed by atoms with E-state index in [9.17, 15) is 18.0 Å². The SMILES string of the molecule is O=C(c1ccc(OC(F)(F)F)cc1)N1CCC(c2ccnc3[nH]c(CI)nc23)CC1. The first-order chi connectivity index (χ1) is 14.3. The number of alkyl halides is 4. The number of fused-ring (bicyclic) bond motifs is 1. The molecule has 2 aromatic heterocycles. The van der Waals surface area contributed by atoms with Gasteiger partial charge in [-0.05, 0) is 54.7 Å². The molecule has 0 unspecified atom stereocenters. The highest BCUT2D eigenvalue weighted by Crippen LogP contribution is 2.32. The number of aromatic nitrogens is 3. The van der Waals surface area contributed by atoms with Gasteiger partial charge in [0.1, 0.15) is 17.1 Å². The average Bonchev–Trinajstić information content (AvgIpc) is 3.16. The fraction of sp³-hybridized carbons (Fsp3) is 0.350. The van der Waals surface area contributed by atoms with Gasteiger partial charge in [-0.15, -0.1) is 13.2 Å². The number of nitrogens with one attached hydrogen (secondary N) is 1. The molecular weight excluding hydrogens is 512 g/mol. The topological polar surface area (TPSA) is 71.1 Å². The van der Waals surface area contributed by atoms with E-state index < -0.39 is 6.36 Å². The zero-order chi connectivity index (χ0) is 21.3. The number of aromatic amines is 1. The highest BCUT2D eigenvalue weighted by atomic mass is 127. The first-order valence-corrected chi connectivity index (χ1v) is 10.9. The summed E-state index contributed by atoms with van der Waals surface area (Å²) in [5.74, 6) is 0.617. The lowest BCUT2D eigenvalue weighted by molar-refractivity contribution is -0.274. The van der Waals surface area contributed by atoms with Crippen molar-refractivity contribution in [1.82, 2.24) is 19.9 Å². The molecule has 1 N–H and O–H groups in total. The smallest absolute Gasteiger partial charge is 0.406 e. The van der Waals surface area contributed by atoms with Gasteiger partial charge in [0.2, 0.25) is 0 Å². The van der Waals surface area contributed by atoms with E-state index in [2.05, 4.69) is 42.3 Å². The molecule has 0 aliphatic carbocycles. The number of benzene rings is 1. The lowest BCUT2D eigenvalue weighted by atomic mass is 9.89. The lowest BCUT2D eigenvalue weighted by Crippen LogP contribution is -2.38. The summed E-state index contributed by atoms with van der Waals surface area (Å²) in [6.07, 6.45) is -1.41. The summed E-state index contributed by atoms with van der Waals surface area (Å²) >= 11 is 2.25. The van der Waals surface area contributed by atoms with Crippen LogP contribution in [0.4, 0.5) is 13.2 Å². The van der Waals surface area contributed by atoms with Gasteiger partial charge in [0.05, 0.1) is 4.43 Å². The molecule has 158 valence electrons. The number of hydrogen-bond acceptors (Lipinski definition) is 4. The van der Waals surface area contributed by atoms with Crippen LogP contribution in [0.5, 0.6) is 5.75 Å². The fourth-order valence-electron chi connectivity index (χ4n) is 3.75. The Labute approximate surface area is 184 Å². The number of H-pyrrole nitrogens is 1. The summed E-state index contributed by atoms with van der Waals surface area (Å²) in [7, 11) is 0. The number of likely N-dealkylation sites (tertiary alicyclic amines) is 1. The molecule has 1 amide bonds. The molecule has 30 heavy (non-hydrogen) atoms. The second kappa shape index (κ2) is 8.40. The van der Waals surface area contributed by atoms with Crippen LogP contribution in [0.3, 0.4) is 0 Å². The minimum absolute atomic E-state index is 0.196. The van der Waals surface area contributed by atoms with Crippen molar-refractivity contribution in [2.75, 3.05) is 13.1 Å². The third kappa shape index (κ3) is 4.52. The Hall–Kier alpha value is -2.37. The molecule has 10 heteroatoms. The zero-order valence-corrected chi connectivity index (χ0v) is 17.9. The molecule has 3 aromatic rings. The number of rotatable bonds is 4. The van der Waals surface area contributed by atoms with E-state index in [0.717, 1.165) is 52.0 Å². The summed E-state index contributed by atoms with van der Waals surface area (Å²) in [4.78, 5) is 26.7. The minimum atomic E-state index is -4.75. The van der Waals surface area contributed by atoms with Crippen LogP contribution in [-0.2, 0) is 4.43 Å². The largest absolute Gasteiger partial charge is 0.573 e. The van der Waals surface area contributed by atoms with E-state index in [1.807, 2.05) is 6.07 Å². The summed E-state index contributed by atoms with van der Waals surface area (Å²) < 4.78 is 41.5. The van der Waals surface area contributed by atoms with Gasteiger partial charge in [0.15, 0.2) is 5.65 Å². The van der Waals surface area contributed by atoms with E-state index in [-0.39, 0.29) is 17.6 Å². The summed E-state index contributed by atoms with van der Waals surface area (Å²) in [5.41, 5.74) is 3.13. The van der Waals surface area contributed by atoms with Crippen molar-refractivity contribution in [1.29, 1.82) is 0 Å². The van der Waals surface area contributed by atoms with E-state index in [0.29, 0.717) is 18.7 Å². The summed E-state index contributed by atoms with van der Waals surface area (Å²) in [6.45, 7) is 1.13. The van der Waals surface area contributed by atoms with Crippen LogP contribution in [0.2, 0.25) is 0 Å². The number of imidazole rings is 1. The third-order valence-electron chi connectivity index (χ3n) is 5.15. The summed E-state index contributed by atoms with van der Waals surface area (Å²) in [5, 5.41) is 0. The van der Waals surface area contributed by atoms with Crippen LogP contribution in [0.25, 0.3) is 11.2 Å². The van der Waals surface area contributed by atoms with Crippen LogP contribution < -0.4 is 4.74 Å². The lowest BCUT2D eigenvalue weighted by Gasteiger charge is -2.32. The molecule has 0 bridgehead atoms. The maximum absolute atomic E-state index is 12.7. The number of piperidine rings is 1. The van der Waals surface area contributed by atoms with Crippen LogP contribution in [-0.4, -0.2) is 45.2 Å². The normalized spacial score (nSPS) is 15.5. The average molecular weight is 530 g/mol. The number of ether oxygens (including phenoxy) is 1. The van der Waals surface area contributed by atoms with E-state index in [4.69, 9.17) is 0 Å². The van der Waals surface area contributed by atoms with Crippen molar-refractivity contribution in [2.24, 2.45) is 0 Å². The van der Waals surface area contributed by atoms with Gasteiger partial charge < -0.3 is 14.6 Å². The van der Waals surface area contributed by atoms with Crippen LogP contribution in [0.1, 0.15) is 40.5 Å². The Morgan fingerprint density at radius 2 is 1.90 bits per heavy atom. The number of amides is 1. The predicted molar refractivity (Wildman–Crippen MR) is 113 cm³/mol. The molecule has 1 aliphatic heterocycles. The Bertz CT molecular complexity index is 1040. The quantitative estimate of drug-likeness (QED) is 0.389. The Balaban J connectivity index is 1.42.